The number of hydrogen-bond acceptors (Lipinski definition) is 3. The van der Waals surface area contributed by atoms with Crippen LogP contribution in [0.25, 0.3) is 0 Å². The molecule has 0 aliphatic carbocycles. The minimum absolute atomic E-state index is 0.156. The lowest BCUT2D eigenvalue weighted by molar-refractivity contribution is 0.160. The van der Waals surface area contributed by atoms with E-state index >= 15 is 0 Å². The molecule has 2 N–H and O–H groups in total. The third-order valence-corrected chi connectivity index (χ3v) is 2.12. The van der Waals surface area contributed by atoms with Gasteiger partial charge in [0.2, 0.25) is 0 Å². The van der Waals surface area contributed by atoms with Crippen molar-refractivity contribution < 1.29 is 9.47 Å². The monoisotopic (exact) mass is 245 g/mol. The molecule has 0 aromatic carbocycles. The summed E-state index contributed by atoms with van der Waals surface area (Å²) in [5.74, 6) is 0.575. The molecule has 0 spiro atoms. The molecule has 102 valence electrons. The Morgan fingerprint density at radius 2 is 1.71 bits per heavy atom. The van der Waals surface area contributed by atoms with Crippen molar-refractivity contribution in [2.24, 2.45) is 10.7 Å². The number of rotatable bonds is 7. The second-order valence-electron chi connectivity index (χ2n) is 4.97. The summed E-state index contributed by atoms with van der Waals surface area (Å²) in [7, 11) is 3.39. The van der Waals surface area contributed by atoms with Crippen molar-refractivity contribution in [3.8, 4) is 0 Å². The highest BCUT2D eigenvalue weighted by atomic mass is 16.5. The van der Waals surface area contributed by atoms with Crippen LogP contribution in [0, 0.1) is 0 Å². The zero-order valence-electron chi connectivity index (χ0n) is 11.8. The molecular weight excluding hydrogens is 218 g/mol. The van der Waals surface area contributed by atoms with Crippen LogP contribution in [-0.4, -0.2) is 56.9 Å². The maximum Gasteiger partial charge on any atom is 0.191 e. The highest BCUT2D eigenvalue weighted by Crippen LogP contribution is 2.07. The summed E-state index contributed by atoms with van der Waals surface area (Å²) in [5, 5.41) is 0. The molecule has 0 atom stereocenters. The topological polar surface area (TPSA) is 60.1 Å². The Hall–Kier alpha value is -0.810. The summed E-state index contributed by atoms with van der Waals surface area (Å²) in [6.45, 7) is 9.06. The molecule has 0 amide bonds. The van der Waals surface area contributed by atoms with E-state index in [1.165, 1.54) is 0 Å². The Labute approximate surface area is 105 Å². The van der Waals surface area contributed by atoms with Crippen LogP contribution < -0.4 is 5.73 Å². The second kappa shape index (κ2) is 8.31. The van der Waals surface area contributed by atoms with Crippen molar-refractivity contribution in [3.63, 3.8) is 0 Å². The molecule has 0 heterocycles. The molecule has 0 unspecified atom stereocenters. The van der Waals surface area contributed by atoms with Crippen molar-refractivity contribution in [3.05, 3.63) is 0 Å². The standard InChI is InChI=1S/C12H27N3O2/c1-12(2,3)14-11(13)15(8-10-17-5)7-6-9-16-4/h6-10H2,1-5H3,(H2,13,14). The minimum Gasteiger partial charge on any atom is -0.385 e. The van der Waals surface area contributed by atoms with E-state index in [1.807, 2.05) is 25.7 Å². The van der Waals surface area contributed by atoms with Crippen LogP contribution in [0.3, 0.4) is 0 Å². The lowest BCUT2D eigenvalue weighted by Gasteiger charge is -2.25. The molecule has 0 aliphatic heterocycles. The molecule has 0 saturated heterocycles. The first-order chi connectivity index (χ1) is 7.90. The first-order valence-corrected chi connectivity index (χ1v) is 5.99. The summed E-state index contributed by atoms with van der Waals surface area (Å²) >= 11 is 0. The molecule has 5 nitrogen and oxygen atoms in total. The van der Waals surface area contributed by atoms with Crippen LogP contribution >= 0.6 is 0 Å². The van der Waals surface area contributed by atoms with Gasteiger partial charge in [-0.1, -0.05) is 0 Å². The van der Waals surface area contributed by atoms with Gasteiger partial charge in [-0.25, -0.2) is 4.99 Å². The van der Waals surface area contributed by atoms with E-state index < -0.39 is 0 Å². The number of guanidine groups is 1. The van der Waals surface area contributed by atoms with Gasteiger partial charge in [0.25, 0.3) is 0 Å². The molecule has 0 aliphatic rings. The van der Waals surface area contributed by atoms with E-state index in [-0.39, 0.29) is 5.54 Å². The maximum absolute atomic E-state index is 6.01. The van der Waals surface area contributed by atoms with Crippen LogP contribution in [0.1, 0.15) is 27.2 Å². The third kappa shape index (κ3) is 8.94. The Bertz CT molecular complexity index is 224. The van der Waals surface area contributed by atoms with Gasteiger partial charge in [-0.05, 0) is 27.2 Å². The van der Waals surface area contributed by atoms with Gasteiger partial charge in [0.05, 0.1) is 12.1 Å². The molecule has 0 rings (SSSR count). The van der Waals surface area contributed by atoms with E-state index in [0.717, 1.165) is 26.1 Å². The van der Waals surface area contributed by atoms with E-state index in [1.54, 1.807) is 14.2 Å². The average Bonchev–Trinajstić information content (AvgIpc) is 2.20. The normalized spacial score (nSPS) is 12.9. The Morgan fingerprint density at radius 1 is 1.12 bits per heavy atom. The van der Waals surface area contributed by atoms with Gasteiger partial charge in [0.1, 0.15) is 0 Å². The predicted molar refractivity (Wildman–Crippen MR) is 71.3 cm³/mol. The molecule has 0 bridgehead atoms. The zero-order valence-corrected chi connectivity index (χ0v) is 11.8. The smallest absolute Gasteiger partial charge is 0.191 e. The van der Waals surface area contributed by atoms with Gasteiger partial charge in [-0.3, -0.25) is 0 Å². The fourth-order valence-corrected chi connectivity index (χ4v) is 1.36. The molecule has 0 aromatic heterocycles. The molecule has 0 fully saturated rings. The van der Waals surface area contributed by atoms with Crippen LogP contribution in [0.2, 0.25) is 0 Å². The molecule has 0 saturated carbocycles. The van der Waals surface area contributed by atoms with Crippen molar-refractivity contribution in [1.29, 1.82) is 0 Å². The SMILES string of the molecule is COCCCN(CCOC)C(N)=NC(C)(C)C. The summed E-state index contributed by atoms with van der Waals surface area (Å²) < 4.78 is 10.1. The predicted octanol–water partition coefficient (Wildman–Crippen LogP) is 1.08. The number of nitrogens with zero attached hydrogens (tertiary/aromatic N) is 2. The largest absolute Gasteiger partial charge is 0.385 e. The van der Waals surface area contributed by atoms with E-state index in [4.69, 9.17) is 15.2 Å². The van der Waals surface area contributed by atoms with E-state index in [0.29, 0.717) is 12.6 Å². The number of ether oxygens (including phenoxy) is 2. The second-order valence-corrected chi connectivity index (χ2v) is 4.97. The van der Waals surface area contributed by atoms with Gasteiger partial charge in [-0.2, -0.15) is 0 Å². The summed E-state index contributed by atoms with van der Waals surface area (Å²) in [6, 6.07) is 0. The van der Waals surface area contributed by atoms with Crippen molar-refractivity contribution >= 4 is 5.96 Å². The van der Waals surface area contributed by atoms with Gasteiger partial charge in [0, 0.05) is 33.9 Å². The number of hydrogen-bond donors (Lipinski definition) is 1. The fraction of sp³-hybridized carbons (Fsp3) is 0.917. The number of methoxy groups -OCH3 is 2. The fourth-order valence-electron chi connectivity index (χ4n) is 1.36. The number of nitrogens with two attached hydrogens (primary N) is 1. The molecule has 5 heteroatoms. The maximum atomic E-state index is 6.01. The van der Waals surface area contributed by atoms with Crippen LogP contribution in [0.15, 0.2) is 4.99 Å². The average molecular weight is 245 g/mol. The van der Waals surface area contributed by atoms with E-state index in [9.17, 15) is 0 Å². The number of aliphatic imine (C=N–C) groups is 1. The van der Waals surface area contributed by atoms with Gasteiger partial charge < -0.3 is 20.1 Å². The van der Waals surface area contributed by atoms with Crippen molar-refractivity contribution in [1.82, 2.24) is 4.90 Å². The molecular formula is C12H27N3O2. The molecule has 17 heavy (non-hydrogen) atoms. The first-order valence-electron chi connectivity index (χ1n) is 5.99. The van der Waals surface area contributed by atoms with Crippen LogP contribution in [0.5, 0.6) is 0 Å². The first kappa shape index (κ1) is 16.2. The zero-order chi connectivity index (χ0) is 13.3. The Morgan fingerprint density at radius 3 is 2.18 bits per heavy atom. The summed E-state index contributed by atoms with van der Waals surface area (Å²) in [4.78, 5) is 6.50. The van der Waals surface area contributed by atoms with Crippen LogP contribution in [-0.2, 0) is 9.47 Å². The quantitative estimate of drug-likeness (QED) is 0.414. The lowest BCUT2D eigenvalue weighted by Crippen LogP contribution is -2.42. The Kier molecular flexibility index (Phi) is 7.91. The lowest BCUT2D eigenvalue weighted by atomic mass is 10.1. The van der Waals surface area contributed by atoms with Gasteiger partial charge in [-0.15, -0.1) is 0 Å². The summed E-state index contributed by atoms with van der Waals surface area (Å²) in [6.07, 6.45) is 0.931. The molecule has 0 aromatic rings. The molecule has 0 radical (unpaired) electrons. The highest BCUT2D eigenvalue weighted by molar-refractivity contribution is 5.78. The minimum atomic E-state index is -0.156. The van der Waals surface area contributed by atoms with Gasteiger partial charge in [0.15, 0.2) is 5.96 Å². The van der Waals surface area contributed by atoms with Crippen LogP contribution in [0.4, 0.5) is 0 Å². The summed E-state index contributed by atoms with van der Waals surface area (Å²) in [5.41, 5.74) is 5.85. The van der Waals surface area contributed by atoms with Gasteiger partial charge >= 0.3 is 0 Å². The highest BCUT2D eigenvalue weighted by Gasteiger charge is 2.13. The van der Waals surface area contributed by atoms with Crippen molar-refractivity contribution in [2.75, 3.05) is 40.5 Å². The third-order valence-electron chi connectivity index (χ3n) is 2.12. The van der Waals surface area contributed by atoms with E-state index in [2.05, 4.69) is 4.99 Å². The van der Waals surface area contributed by atoms with Crippen molar-refractivity contribution in [2.45, 2.75) is 32.7 Å². The Balaban J connectivity index is 4.38.